The number of carbonyl (C=O) groups is 3. The van der Waals surface area contributed by atoms with E-state index in [0.29, 0.717) is 12.8 Å². The molecule has 0 saturated carbocycles. The maximum atomic E-state index is 12.5. The van der Waals surface area contributed by atoms with Crippen molar-refractivity contribution in [2.75, 3.05) is 0 Å². The molecule has 248 valence electrons. The lowest BCUT2D eigenvalue weighted by Gasteiger charge is -2.23. The van der Waals surface area contributed by atoms with Crippen LogP contribution < -0.4 is 0 Å². The van der Waals surface area contributed by atoms with Gasteiger partial charge in [-0.25, -0.2) is 4.79 Å². The fourth-order valence-electron chi connectivity index (χ4n) is 5.62. The topological polar surface area (TPSA) is 121 Å². The first-order valence-corrected chi connectivity index (χ1v) is 17.6. The molecule has 7 nitrogen and oxygen atoms in total. The third kappa shape index (κ3) is 24.9. The molecule has 0 radical (unpaired) electrons. The van der Waals surface area contributed by atoms with Gasteiger partial charge < -0.3 is 20.1 Å². The molecule has 0 amide bonds. The minimum Gasteiger partial charge on any atom is -0.481 e. The molecule has 0 aromatic heterocycles. The highest BCUT2D eigenvalue weighted by molar-refractivity contribution is 5.88. The number of carboxylic acid groups (broad SMARTS) is 2. The van der Waals surface area contributed by atoms with Gasteiger partial charge in [0.15, 0.2) is 5.60 Å². The second-order valence-corrected chi connectivity index (χ2v) is 12.6. The maximum Gasteiger partial charge on any atom is 0.336 e. The fraction of sp³-hybridized carbons (Fsp3) is 0.914. The smallest absolute Gasteiger partial charge is 0.336 e. The van der Waals surface area contributed by atoms with Gasteiger partial charge in [-0.15, -0.1) is 0 Å². The van der Waals surface area contributed by atoms with E-state index in [0.717, 1.165) is 38.5 Å². The van der Waals surface area contributed by atoms with E-state index in [9.17, 15) is 24.6 Å². The Hall–Kier alpha value is -1.63. The summed E-state index contributed by atoms with van der Waals surface area (Å²) in [6, 6.07) is 0. The summed E-state index contributed by atoms with van der Waals surface area (Å²) >= 11 is 0. The molecule has 0 fully saturated rings. The average molecular weight is 599 g/mol. The van der Waals surface area contributed by atoms with Gasteiger partial charge in [-0.3, -0.25) is 9.59 Å². The molecule has 0 saturated heterocycles. The number of hydrogen-bond donors (Lipinski definition) is 3. The molecule has 2 atom stereocenters. The molecule has 0 aliphatic rings. The van der Waals surface area contributed by atoms with Crippen LogP contribution in [-0.2, 0) is 19.1 Å². The summed E-state index contributed by atoms with van der Waals surface area (Å²) in [5.74, 6) is -4.04. The molecule has 0 aromatic carbocycles. The highest BCUT2D eigenvalue weighted by Crippen LogP contribution is 2.22. The number of unbranched alkanes of at least 4 members (excludes halogenated alkanes) is 22. The van der Waals surface area contributed by atoms with Gasteiger partial charge in [0.1, 0.15) is 6.10 Å². The van der Waals surface area contributed by atoms with Crippen molar-refractivity contribution in [1.29, 1.82) is 0 Å². The van der Waals surface area contributed by atoms with Crippen molar-refractivity contribution in [2.45, 2.75) is 205 Å². The molecule has 0 rings (SSSR count). The number of hydrogen-bond acceptors (Lipinski definition) is 5. The van der Waals surface area contributed by atoms with E-state index in [2.05, 4.69) is 13.8 Å². The Balaban J connectivity index is 4.36. The summed E-state index contributed by atoms with van der Waals surface area (Å²) in [4.78, 5) is 35.0. The highest BCUT2D eigenvalue weighted by Gasteiger charge is 2.41. The Labute approximate surface area is 257 Å². The third-order valence-electron chi connectivity index (χ3n) is 8.34. The van der Waals surface area contributed by atoms with Crippen LogP contribution in [0.1, 0.15) is 194 Å². The van der Waals surface area contributed by atoms with Gasteiger partial charge in [0.2, 0.25) is 0 Å². The molecule has 2 unspecified atom stereocenters. The SMILES string of the molecule is CCCCCCCCCCCCCCCCC(CCCCCCCCCCCC)OC(=O)CC(O)(CC(=O)O)C(=O)O. The van der Waals surface area contributed by atoms with Gasteiger partial charge in [0.05, 0.1) is 12.8 Å². The fourth-order valence-corrected chi connectivity index (χ4v) is 5.62. The molecule has 0 spiro atoms. The largest absolute Gasteiger partial charge is 0.481 e. The Kier molecular flexibility index (Phi) is 27.1. The first kappa shape index (κ1) is 40.4. The third-order valence-corrected chi connectivity index (χ3v) is 8.34. The summed E-state index contributed by atoms with van der Waals surface area (Å²) in [7, 11) is 0. The maximum absolute atomic E-state index is 12.5. The zero-order valence-electron chi connectivity index (χ0n) is 27.4. The van der Waals surface area contributed by atoms with Crippen LogP contribution in [0.25, 0.3) is 0 Å². The number of rotatable bonds is 32. The molecule has 3 N–H and O–H groups in total. The summed E-state index contributed by atoms with van der Waals surface area (Å²) in [5, 5.41) is 28.5. The molecular weight excluding hydrogens is 532 g/mol. The molecule has 0 bridgehead atoms. The van der Waals surface area contributed by atoms with Crippen molar-refractivity contribution in [3.8, 4) is 0 Å². The minimum atomic E-state index is -2.65. The van der Waals surface area contributed by atoms with Crippen molar-refractivity contribution >= 4 is 17.9 Å². The van der Waals surface area contributed by atoms with E-state index < -0.39 is 36.4 Å². The van der Waals surface area contributed by atoms with Gasteiger partial charge in [-0.2, -0.15) is 0 Å². The predicted octanol–water partition coefficient (Wildman–Crippen LogP) is 9.76. The summed E-state index contributed by atoms with van der Waals surface area (Å²) in [5.41, 5.74) is -2.65. The standard InChI is InChI=1S/C35H66O7/c1-3-5-7-9-11-13-15-16-17-18-20-22-24-26-28-31(27-25-23-21-19-14-12-10-8-6-4-2)42-33(38)30-35(41,34(39)40)29-32(36)37/h31,41H,3-30H2,1-2H3,(H,36,37)(H,39,40). The molecule has 0 aliphatic carbocycles. The van der Waals surface area contributed by atoms with Crippen LogP contribution in [0.3, 0.4) is 0 Å². The van der Waals surface area contributed by atoms with E-state index >= 15 is 0 Å². The van der Waals surface area contributed by atoms with E-state index in [4.69, 9.17) is 9.84 Å². The van der Waals surface area contributed by atoms with E-state index in [1.165, 1.54) is 116 Å². The molecule has 0 aromatic rings. The summed E-state index contributed by atoms with van der Waals surface area (Å²) in [6.45, 7) is 4.48. The number of aliphatic hydroxyl groups is 1. The Morgan fingerprint density at radius 1 is 0.524 bits per heavy atom. The van der Waals surface area contributed by atoms with Crippen molar-refractivity contribution < 1.29 is 34.4 Å². The number of carbonyl (C=O) groups excluding carboxylic acids is 1. The van der Waals surface area contributed by atoms with Crippen molar-refractivity contribution in [3.05, 3.63) is 0 Å². The van der Waals surface area contributed by atoms with Gasteiger partial charge in [0, 0.05) is 0 Å². The Morgan fingerprint density at radius 3 is 1.12 bits per heavy atom. The number of ether oxygens (including phenoxy) is 1. The number of carboxylic acids is 2. The lowest BCUT2D eigenvalue weighted by molar-refractivity contribution is -0.173. The van der Waals surface area contributed by atoms with Crippen LogP contribution >= 0.6 is 0 Å². The van der Waals surface area contributed by atoms with E-state index in [1.54, 1.807) is 0 Å². The van der Waals surface area contributed by atoms with Crippen molar-refractivity contribution in [1.82, 2.24) is 0 Å². The normalized spacial score (nSPS) is 13.5. The second-order valence-electron chi connectivity index (χ2n) is 12.6. The Bertz CT molecular complexity index is 666. The zero-order chi connectivity index (χ0) is 31.3. The summed E-state index contributed by atoms with van der Waals surface area (Å²) in [6.07, 6.45) is 29.2. The molecule has 0 aliphatic heterocycles. The van der Waals surface area contributed by atoms with Gasteiger partial charge in [-0.1, -0.05) is 155 Å². The lowest BCUT2D eigenvalue weighted by atomic mass is 9.95. The first-order chi connectivity index (χ1) is 20.2. The highest BCUT2D eigenvalue weighted by atomic mass is 16.5. The predicted molar refractivity (Wildman–Crippen MR) is 171 cm³/mol. The van der Waals surface area contributed by atoms with Crippen molar-refractivity contribution in [3.63, 3.8) is 0 Å². The van der Waals surface area contributed by atoms with E-state index in [1.807, 2.05) is 0 Å². The van der Waals surface area contributed by atoms with Crippen LogP contribution in [0.4, 0.5) is 0 Å². The van der Waals surface area contributed by atoms with Crippen LogP contribution in [0, 0.1) is 0 Å². The molecule has 42 heavy (non-hydrogen) atoms. The Morgan fingerprint density at radius 2 is 0.833 bits per heavy atom. The van der Waals surface area contributed by atoms with E-state index in [-0.39, 0.29) is 6.10 Å². The van der Waals surface area contributed by atoms with Gasteiger partial charge in [0.25, 0.3) is 0 Å². The van der Waals surface area contributed by atoms with Crippen LogP contribution in [0.5, 0.6) is 0 Å². The van der Waals surface area contributed by atoms with Crippen LogP contribution in [0.2, 0.25) is 0 Å². The quantitative estimate of drug-likeness (QED) is 0.0520. The monoisotopic (exact) mass is 598 g/mol. The first-order valence-electron chi connectivity index (χ1n) is 17.6. The second kappa shape index (κ2) is 28.2. The number of esters is 1. The molecule has 0 heterocycles. The van der Waals surface area contributed by atoms with Gasteiger partial charge in [-0.05, 0) is 25.7 Å². The lowest BCUT2D eigenvalue weighted by Crippen LogP contribution is -2.43. The van der Waals surface area contributed by atoms with Crippen molar-refractivity contribution in [2.24, 2.45) is 0 Å². The molecular formula is C35H66O7. The summed E-state index contributed by atoms with van der Waals surface area (Å²) < 4.78 is 5.62. The molecule has 7 heteroatoms. The van der Waals surface area contributed by atoms with Crippen LogP contribution in [-0.4, -0.2) is 44.9 Å². The minimum absolute atomic E-state index is 0.327. The number of aliphatic carboxylic acids is 2. The average Bonchev–Trinajstić information content (AvgIpc) is 2.93. The van der Waals surface area contributed by atoms with Crippen LogP contribution in [0.15, 0.2) is 0 Å². The van der Waals surface area contributed by atoms with Gasteiger partial charge >= 0.3 is 17.9 Å². The zero-order valence-corrected chi connectivity index (χ0v) is 27.4.